The summed E-state index contributed by atoms with van der Waals surface area (Å²) in [6, 6.07) is 11.2. The van der Waals surface area contributed by atoms with Crippen LogP contribution in [-0.2, 0) is 6.54 Å². The summed E-state index contributed by atoms with van der Waals surface area (Å²) in [4.78, 5) is 31.6. The number of anilines is 1. The normalized spacial score (nSPS) is 13.8. The number of benzene rings is 1. The van der Waals surface area contributed by atoms with E-state index >= 15 is 0 Å². The van der Waals surface area contributed by atoms with Crippen molar-refractivity contribution in [3.05, 3.63) is 76.2 Å². The predicted molar refractivity (Wildman–Crippen MR) is 95.4 cm³/mol. The van der Waals surface area contributed by atoms with Gasteiger partial charge in [-0.25, -0.2) is 4.98 Å². The van der Waals surface area contributed by atoms with E-state index in [0.29, 0.717) is 24.5 Å². The first-order valence-corrected chi connectivity index (χ1v) is 8.18. The SMILES string of the molecule is Cc1cn(-c2ccc3n(c2=O)CCN(c2ccccc2C)C3=O)cn1. The first kappa shape index (κ1) is 15.4. The topological polar surface area (TPSA) is 60.1 Å². The molecule has 0 N–H and O–H groups in total. The summed E-state index contributed by atoms with van der Waals surface area (Å²) < 4.78 is 3.25. The maximum absolute atomic E-state index is 12.9. The predicted octanol–water partition coefficient (Wildman–Crippen LogP) is 2.31. The molecule has 1 amide bonds. The fourth-order valence-electron chi connectivity index (χ4n) is 3.26. The van der Waals surface area contributed by atoms with Gasteiger partial charge < -0.3 is 14.0 Å². The lowest BCUT2D eigenvalue weighted by Crippen LogP contribution is -2.45. The van der Waals surface area contributed by atoms with Crippen LogP contribution in [0.15, 0.2) is 53.7 Å². The standard InChI is InChI=1S/C19H18N4O2/c1-13-5-3-4-6-15(13)22-9-10-23-17(19(22)25)8-7-16(18(23)24)21-11-14(2)20-12-21/h3-8,11-12H,9-10H2,1-2H3. The zero-order chi connectivity index (χ0) is 17.6. The molecule has 4 rings (SSSR count). The highest BCUT2D eigenvalue weighted by molar-refractivity contribution is 6.06. The lowest BCUT2D eigenvalue weighted by molar-refractivity contribution is 0.0963. The number of nitrogens with zero attached hydrogens (tertiary/aromatic N) is 4. The van der Waals surface area contributed by atoms with Crippen LogP contribution in [-0.4, -0.2) is 26.6 Å². The quantitative estimate of drug-likeness (QED) is 0.722. The van der Waals surface area contributed by atoms with Crippen LogP contribution in [0.5, 0.6) is 0 Å². The summed E-state index contributed by atoms with van der Waals surface area (Å²) in [5.74, 6) is -0.147. The molecule has 0 fully saturated rings. The molecular weight excluding hydrogens is 316 g/mol. The second-order valence-corrected chi connectivity index (χ2v) is 6.23. The largest absolute Gasteiger partial charge is 0.305 e. The Kier molecular flexibility index (Phi) is 3.53. The molecule has 3 heterocycles. The molecule has 0 radical (unpaired) electrons. The van der Waals surface area contributed by atoms with Gasteiger partial charge in [0.15, 0.2) is 0 Å². The molecule has 6 heteroatoms. The molecule has 126 valence electrons. The number of aryl methyl sites for hydroxylation is 2. The van der Waals surface area contributed by atoms with Crippen LogP contribution in [0.1, 0.15) is 21.7 Å². The summed E-state index contributed by atoms with van der Waals surface area (Å²) in [7, 11) is 0. The lowest BCUT2D eigenvalue weighted by atomic mass is 10.1. The zero-order valence-corrected chi connectivity index (χ0v) is 14.1. The molecule has 0 bridgehead atoms. The van der Waals surface area contributed by atoms with Crippen molar-refractivity contribution < 1.29 is 4.79 Å². The number of hydrogen-bond donors (Lipinski definition) is 0. The molecule has 2 aromatic heterocycles. The zero-order valence-electron chi connectivity index (χ0n) is 14.1. The average Bonchev–Trinajstić information content (AvgIpc) is 3.03. The van der Waals surface area contributed by atoms with E-state index in [9.17, 15) is 9.59 Å². The summed E-state index contributed by atoms with van der Waals surface area (Å²) in [6.45, 7) is 4.80. The van der Waals surface area contributed by atoms with E-state index in [2.05, 4.69) is 4.98 Å². The number of carbonyl (C=O) groups excluding carboxylic acids is 1. The van der Waals surface area contributed by atoms with Crippen LogP contribution in [0.3, 0.4) is 0 Å². The number of hydrogen-bond acceptors (Lipinski definition) is 3. The number of rotatable bonds is 2. The third-order valence-corrected chi connectivity index (χ3v) is 4.56. The highest BCUT2D eigenvalue weighted by Gasteiger charge is 2.27. The Labute approximate surface area is 145 Å². The van der Waals surface area contributed by atoms with Gasteiger partial charge in [0.05, 0.1) is 12.0 Å². The molecule has 1 aliphatic heterocycles. The molecule has 3 aromatic rings. The van der Waals surface area contributed by atoms with E-state index in [1.807, 2.05) is 38.1 Å². The molecule has 0 aliphatic carbocycles. The molecule has 1 aromatic carbocycles. The number of carbonyl (C=O) groups is 1. The highest BCUT2D eigenvalue weighted by atomic mass is 16.2. The van der Waals surface area contributed by atoms with E-state index in [0.717, 1.165) is 16.9 Å². The van der Waals surface area contributed by atoms with E-state index < -0.39 is 0 Å². The van der Waals surface area contributed by atoms with Crippen LogP contribution in [0.4, 0.5) is 5.69 Å². The van der Waals surface area contributed by atoms with Gasteiger partial charge in [-0.1, -0.05) is 18.2 Å². The summed E-state index contributed by atoms with van der Waals surface area (Å²) in [6.07, 6.45) is 3.41. The molecule has 0 saturated carbocycles. The second kappa shape index (κ2) is 5.73. The number of aromatic nitrogens is 3. The van der Waals surface area contributed by atoms with E-state index in [-0.39, 0.29) is 11.5 Å². The van der Waals surface area contributed by atoms with Crippen molar-refractivity contribution in [2.45, 2.75) is 20.4 Å². The summed E-state index contributed by atoms with van der Waals surface area (Å²) in [5, 5.41) is 0. The van der Waals surface area contributed by atoms with Crippen molar-refractivity contribution in [2.75, 3.05) is 11.4 Å². The summed E-state index contributed by atoms with van der Waals surface area (Å²) in [5.41, 5.74) is 3.51. The lowest BCUT2D eigenvalue weighted by Gasteiger charge is -2.30. The number of fused-ring (bicyclic) bond motifs is 1. The molecule has 6 nitrogen and oxygen atoms in total. The molecule has 0 unspecified atom stereocenters. The Morgan fingerprint density at radius 1 is 0.960 bits per heavy atom. The molecule has 0 saturated heterocycles. The van der Waals surface area contributed by atoms with Crippen LogP contribution < -0.4 is 10.5 Å². The monoisotopic (exact) mass is 334 g/mol. The van der Waals surface area contributed by atoms with E-state index in [4.69, 9.17) is 0 Å². The second-order valence-electron chi connectivity index (χ2n) is 6.23. The van der Waals surface area contributed by atoms with Crippen molar-refractivity contribution in [2.24, 2.45) is 0 Å². The maximum atomic E-state index is 12.9. The van der Waals surface area contributed by atoms with Crippen LogP contribution in [0.2, 0.25) is 0 Å². The van der Waals surface area contributed by atoms with Gasteiger partial charge in [0.25, 0.3) is 11.5 Å². The minimum absolute atomic E-state index is 0.147. The Bertz CT molecular complexity index is 1030. The van der Waals surface area contributed by atoms with Gasteiger partial charge in [-0.2, -0.15) is 0 Å². The molecule has 0 atom stereocenters. The maximum Gasteiger partial charge on any atom is 0.275 e. The Morgan fingerprint density at radius 2 is 1.76 bits per heavy atom. The fraction of sp³-hybridized carbons (Fsp3) is 0.211. The van der Waals surface area contributed by atoms with Gasteiger partial charge in [-0.15, -0.1) is 0 Å². The van der Waals surface area contributed by atoms with Gasteiger partial charge >= 0.3 is 0 Å². The number of pyridine rings is 1. The molecule has 0 spiro atoms. The van der Waals surface area contributed by atoms with Gasteiger partial charge in [-0.3, -0.25) is 9.59 Å². The van der Waals surface area contributed by atoms with Crippen molar-refractivity contribution in [1.82, 2.24) is 14.1 Å². The smallest absolute Gasteiger partial charge is 0.275 e. The van der Waals surface area contributed by atoms with Gasteiger partial charge in [0.2, 0.25) is 0 Å². The number of imidazole rings is 1. The fourth-order valence-corrected chi connectivity index (χ4v) is 3.26. The average molecular weight is 334 g/mol. The first-order valence-electron chi connectivity index (χ1n) is 8.18. The van der Waals surface area contributed by atoms with Crippen molar-refractivity contribution in [3.63, 3.8) is 0 Å². The molecular formula is C19H18N4O2. The first-order chi connectivity index (χ1) is 12.1. The van der Waals surface area contributed by atoms with E-state index in [1.165, 1.54) is 0 Å². The minimum Gasteiger partial charge on any atom is -0.305 e. The van der Waals surface area contributed by atoms with Gasteiger partial charge in [-0.05, 0) is 37.6 Å². The van der Waals surface area contributed by atoms with Crippen LogP contribution >= 0.6 is 0 Å². The highest BCUT2D eigenvalue weighted by Crippen LogP contribution is 2.24. The van der Waals surface area contributed by atoms with Crippen LogP contribution in [0, 0.1) is 13.8 Å². The van der Waals surface area contributed by atoms with Crippen LogP contribution in [0.25, 0.3) is 5.69 Å². The number of amides is 1. The van der Waals surface area contributed by atoms with Crippen molar-refractivity contribution in [1.29, 1.82) is 0 Å². The third kappa shape index (κ3) is 2.46. The molecule has 1 aliphatic rings. The minimum atomic E-state index is -0.173. The van der Waals surface area contributed by atoms with Gasteiger partial charge in [0, 0.05) is 25.0 Å². The Morgan fingerprint density at radius 3 is 2.48 bits per heavy atom. The summed E-state index contributed by atoms with van der Waals surface area (Å²) >= 11 is 0. The Hall–Kier alpha value is -3.15. The van der Waals surface area contributed by atoms with Crippen molar-refractivity contribution >= 4 is 11.6 Å². The number of para-hydroxylation sites is 1. The van der Waals surface area contributed by atoms with E-state index in [1.54, 1.807) is 38.7 Å². The molecule has 25 heavy (non-hydrogen) atoms. The van der Waals surface area contributed by atoms with Gasteiger partial charge in [0.1, 0.15) is 11.4 Å². The van der Waals surface area contributed by atoms with Crippen molar-refractivity contribution in [3.8, 4) is 5.69 Å². The third-order valence-electron chi connectivity index (χ3n) is 4.56. The Balaban J connectivity index is 1.77.